The van der Waals surface area contributed by atoms with E-state index < -0.39 is 11.9 Å². The lowest BCUT2D eigenvalue weighted by Gasteiger charge is -2.11. The Hall–Kier alpha value is -2.86. The first-order valence-electron chi connectivity index (χ1n) is 8.86. The maximum atomic E-state index is 12.1. The second-order valence-electron chi connectivity index (χ2n) is 6.29. The summed E-state index contributed by atoms with van der Waals surface area (Å²) >= 11 is 5.93. The molecule has 7 heteroatoms. The molecule has 0 bridgehead atoms. The first-order valence-corrected chi connectivity index (χ1v) is 9.24. The van der Waals surface area contributed by atoms with Crippen LogP contribution < -0.4 is 10.1 Å². The monoisotopic (exact) mass is 403 g/mol. The van der Waals surface area contributed by atoms with Crippen molar-refractivity contribution >= 4 is 34.9 Å². The molecule has 0 aliphatic rings. The quantitative estimate of drug-likeness (QED) is 0.517. The van der Waals surface area contributed by atoms with Gasteiger partial charge in [-0.15, -0.1) is 0 Å². The van der Waals surface area contributed by atoms with Gasteiger partial charge in [0.1, 0.15) is 5.75 Å². The first kappa shape index (κ1) is 21.4. The number of ketones is 1. The highest BCUT2D eigenvalue weighted by Gasteiger charge is 2.14. The number of Topliss-reactive ketones (excluding diaryl/α,β-unsaturated/α-hetero) is 1. The highest BCUT2D eigenvalue weighted by molar-refractivity contribution is 6.31. The minimum Gasteiger partial charge on any atom is -0.483 e. The highest BCUT2D eigenvalue weighted by atomic mass is 35.5. The number of hydrogen-bond donors (Lipinski definition) is 1. The fourth-order valence-electron chi connectivity index (χ4n) is 2.35. The van der Waals surface area contributed by atoms with Gasteiger partial charge in [0.05, 0.1) is 17.2 Å². The molecule has 2 aromatic carbocycles. The zero-order valence-corrected chi connectivity index (χ0v) is 16.7. The molecule has 2 rings (SSSR count). The van der Waals surface area contributed by atoms with Crippen LogP contribution in [0.1, 0.15) is 47.9 Å². The smallest absolute Gasteiger partial charge is 0.338 e. The zero-order chi connectivity index (χ0) is 20.7. The summed E-state index contributed by atoms with van der Waals surface area (Å²) in [5, 5.41) is 3.09. The highest BCUT2D eigenvalue weighted by Crippen LogP contribution is 2.24. The fraction of sp³-hybridized carbons (Fsp3) is 0.286. The van der Waals surface area contributed by atoms with Gasteiger partial charge in [-0.25, -0.2) is 4.79 Å². The minimum absolute atomic E-state index is 0.123. The van der Waals surface area contributed by atoms with Crippen molar-refractivity contribution in [2.75, 3.05) is 11.9 Å². The molecule has 0 aliphatic heterocycles. The van der Waals surface area contributed by atoms with Crippen LogP contribution in [0.25, 0.3) is 0 Å². The van der Waals surface area contributed by atoms with Gasteiger partial charge < -0.3 is 14.8 Å². The van der Waals surface area contributed by atoms with E-state index in [9.17, 15) is 14.4 Å². The third-order valence-electron chi connectivity index (χ3n) is 3.67. The molecule has 0 radical (unpaired) electrons. The second-order valence-corrected chi connectivity index (χ2v) is 6.72. The molecule has 2 aromatic rings. The number of ether oxygens (including phenoxy) is 2. The summed E-state index contributed by atoms with van der Waals surface area (Å²) < 4.78 is 10.6. The Morgan fingerprint density at radius 1 is 1.07 bits per heavy atom. The van der Waals surface area contributed by atoms with Gasteiger partial charge >= 0.3 is 5.97 Å². The third kappa shape index (κ3) is 6.09. The number of carbonyl (C=O) groups excluding carboxylic acids is 3. The summed E-state index contributed by atoms with van der Waals surface area (Å²) in [6.45, 7) is 5.00. The van der Waals surface area contributed by atoms with Crippen molar-refractivity contribution in [1.29, 1.82) is 0 Å². The number of benzene rings is 2. The molecular weight excluding hydrogens is 382 g/mol. The van der Waals surface area contributed by atoms with Crippen LogP contribution >= 0.6 is 11.6 Å². The van der Waals surface area contributed by atoms with Gasteiger partial charge in [0.25, 0.3) is 5.91 Å². The standard InChI is InChI=1S/C21H22ClNO5/c1-4-18(24)17-11-15(22)7-10-19(17)27-12-20(25)23-16-8-5-14(6-9-16)21(26)28-13(2)3/h5-11,13H,4,12H2,1-3H3,(H,23,25). The van der Waals surface area contributed by atoms with Crippen LogP contribution in [0.15, 0.2) is 42.5 Å². The van der Waals surface area contributed by atoms with Crippen LogP contribution in [0, 0.1) is 0 Å². The van der Waals surface area contributed by atoms with Crippen molar-refractivity contribution in [3.05, 3.63) is 58.6 Å². The lowest BCUT2D eigenvalue weighted by molar-refractivity contribution is -0.118. The van der Waals surface area contributed by atoms with Crippen molar-refractivity contribution in [1.82, 2.24) is 0 Å². The van der Waals surface area contributed by atoms with E-state index in [-0.39, 0.29) is 18.5 Å². The first-order chi connectivity index (χ1) is 13.3. The molecular formula is C21H22ClNO5. The van der Waals surface area contributed by atoms with Gasteiger partial charge in [0.2, 0.25) is 0 Å². The summed E-state index contributed by atoms with van der Waals surface area (Å²) in [7, 11) is 0. The molecule has 1 N–H and O–H groups in total. The third-order valence-corrected chi connectivity index (χ3v) is 3.90. The second kappa shape index (κ2) is 9.90. The van der Waals surface area contributed by atoms with E-state index in [0.29, 0.717) is 34.0 Å². The van der Waals surface area contributed by atoms with Gasteiger partial charge in [-0.3, -0.25) is 9.59 Å². The minimum atomic E-state index is -0.424. The van der Waals surface area contributed by atoms with Crippen LogP contribution in [0.2, 0.25) is 5.02 Å². The molecule has 148 valence electrons. The Morgan fingerprint density at radius 2 is 1.75 bits per heavy atom. The zero-order valence-electron chi connectivity index (χ0n) is 16.0. The number of esters is 1. The fourth-order valence-corrected chi connectivity index (χ4v) is 2.52. The topological polar surface area (TPSA) is 81.7 Å². The summed E-state index contributed by atoms with van der Waals surface area (Å²) in [6.07, 6.45) is 0.0930. The van der Waals surface area contributed by atoms with Gasteiger partial charge in [0, 0.05) is 17.1 Å². The Bertz CT molecular complexity index is 862. The number of hydrogen-bond acceptors (Lipinski definition) is 5. The Balaban J connectivity index is 1.96. The molecule has 0 heterocycles. The lowest BCUT2D eigenvalue weighted by Crippen LogP contribution is -2.21. The number of nitrogens with one attached hydrogen (secondary N) is 1. The van der Waals surface area contributed by atoms with Crippen molar-refractivity contribution in [2.45, 2.75) is 33.3 Å². The van der Waals surface area contributed by atoms with Gasteiger partial charge in [0.15, 0.2) is 12.4 Å². The predicted octanol–water partition coefficient (Wildman–Crippen LogP) is 4.52. The van der Waals surface area contributed by atoms with E-state index in [4.69, 9.17) is 21.1 Å². The van der Waals surface area contributed by atoms with Gasteiger partial charge in [-0.05, 0) is 56.3 Å². The molecule has 0 fully saturated rings. The molecule has 0 aliphatic carbocycles. The lowest BCUT2D eigenvalue weighted by atomic mass is 10.1. The summed E-state index contributed by atoms with van der Waals surface area (Å²) in [5.41, 5.74) is 1.25. The molecule has 0 spiro atoms. The maximum absolute atomic E-state index is 12.1. The number of amides is 1. The average Bonchev–Trinajstić information content (AvgIpc) is 2.66. The average molecular weight is 404 g/mol. The van der Waals surface area contributed by atoms with E-state index in [1.807, 2.05) is 0 Å². The molecule has 28 heavy (non-hydrogen) atoms. The molecule has 0 saturated carbocycles. The normalized spacial score (nSPS) is 10.5. The SMILES string of the molecule is CCC(=O)c1cc(Cl)ccc1OCC(=O)Nc1ccc(C(=O)OC(C)C)cc1. The molecule has 0 atom stereocenters. The van der Waals surface area contributed by atoms with E-state index in [1.165, 1.54) is 6.07 Å². The molecule has 6 nitrogen and oxygen atoms in total. The van der Waals surface area contributed by atoms with Crippen LogP contribution in [-0.4, -0.2) is 30.4 Å². The van der Waals surface area contributed by atoms with Crippen molar-refractivity contribution < 1.29 is 23.9 Å². The summed E-state index contributed by atoms with van der Waals surface area (Å²) in [5.74, 6) is -0.644. The van der Waals surface area contributed by atoms with E-state index in [0.717, 1.165) is 0 Å². The Morgan fingerprint density at radius 3 is 2.36 bits per heavy atom. The van der Waals surface area contributed by atoms with Crippen molar-refractivity contribution in [2.24, 2.45) is 0 Å². The molecule has 0 aromatic heterocycles. The Kier molecular flexibility index (Phi) is 7.58. The molecule has 0 unspecified atom stereocenters. The van der Waals surface area contributed by atoms with Crippen molar-refractivity contribution in [3.63, 3.8) is 0 Å². The van der Waals surface area contributed by atoms with Crippen LogP contribution in [0.5, 0.6) is 5.75 Å². The molecule has 1 amide bonds. The predicted molar refractivity (Wildman–Crippen MR) is 107 cm³/mol. The van der Waals surface area contributed by atoms with Crippen LogP contribution in [0.3, 0.4) is 0 Å². The number of halogens is 1. The van der Waals surface area contributed by atoms with E-state index in [1.54, 1.807) is 57.2 Å². The van der Waals surface area contributed by atoms with E-state index in [2.05, 4.69) is 5.32 Å². The van der Waals surface area contributed by atoms with E-state index >= 15 is 0 Å². The van der Waals surface area contributed by atoms with Gasteiger partial charge in [-0.1, -0.05) is 18.5 Å². The van der Waals surface area contributed by atoms with Crippen LogP contribution in [0.4, 0.5) is 5.69 Å². The summed E-state index contributed by atoms with van der Waals surface area (Å²) in [6, 6.07) is 11.0. The Labute approximate surface area is 168 Å². The number of anilines is 1. The number of rotatable bonds is 8. The largest absolute Gasteiger partial charge is 0.483 e. The number of carbonyl (C=O) groups is 3. The van der Waals surface area contributed by atoms with Gasteiger partial charge in [-0.2, -0.15) is 0 Å². The summed E-state index contributed by atoms with van der Waals surface area (Å²) in [4.78, 5) is 35.9. The maximum Gasteiger partial charge on any atom is 0.338 e. The molecule has 0 saturated heterocycles. The van der Waals surface area contributed by atoms with Crippen LogP contribution in [-0.2, 0) is 9.53 Å². The van der Waals surface area contributed by atoms with Crippen molar-refractivity contribution in [3.8, 4) is 5.75 Å².